The molecule has 178 valence electrons. The van der Waals surface area contributed by atoms with E-state index in [0.29, 0.717) is 16.6 Å². The molecule has 1 heterocycles. The number of hydrogen-bond acceptors (Lipinski definition) is 5. The Morgan fingerprint density at radius 3 is 2.46 bits per heavy atom. The van der Waals surface area contributed by atoms with Gasteiger partial charge in [0.1, 0.15) is 5.82 Å². The summed E-state index contributed by atoms with van der Waals surface area (Å²) in [4.78, 5) is 44.1. The maximum atomic E-state index is 14.6. The maximum absolute atomic E-state index is 14.6. The first-order valence-corrected chi connectivity index (χ1v) is 11.8. The maximum Gasteiger partial charge on any atom is 0.266 e. The van der Waals surface area contributed by atoms with Crippen LogP contribution in [0.5, 0.6) is 0 Å². The predicted octanol–water partition coefficient (Wildman–Crippen LogP) is 4.02. The Bertz CT molecular complexity index is 1450. The second kappa shape index (κ2) is 10.5. The van der Waals surface area contributed by atoms with Gasteiger partial charge in [-0.1, -0.05) is 53.7 Å². The number of nitrogens with one attached hydrogen (secondary N) is 1. The lowest BCUT2D eigenvalue weighted by atomic mass is 10.2. The minimum Gasteiger partial charge on any atom is -0.336 e. The lowest BCUT2D eigenvalue weighted by molar-refractivity contribution is -0.131. The van der Waals surface area contributed by atoms with Crippen molar-refractivity contribution in [3.05, 3.63) is 94.5 Å². The number of amides is 2. The third-order valence-corrected chi connectivity index (χ3v) is 6.23. The molecule has 0 fully saturated rings. The van der Waals surface area contributed by atoms with E-state index >= 15 is 0 Å². The van der Waals surface area contributed by atoms with Crippen LogP contribution in [-0.4, -0.2) is 45.6 Å². The molecule has 0 saturated carbocycles. The Balaban J connectivity index is 1.52. The highest BCUT2D eigenvalue weighted by molar-refractivity contribution is 7.99. The van der Waals surface area contributed by atoms with Crippen molar-refractivity contribution in [2.75, 3.05) is 24.7 Å². The van der Waals surface area contributed by atoms with E-state index in [1.54, 1.807) is 42.5 Å². The summed E-state index contributed by atoms with van der Waals surface area (Å²) in [6.45, 7) is 1.81. The summed E-state index contributed by atoms with van der Waals surface area (Å²) in [6, 6.07) is 20.0. The highest BCUT2D eigenvalue weighted by Crippen LogP contribution is 2.23. The van der Waals surface area contributed by atoms with Crippen LogP contribution in [-0.2, 0) is 9.59 Å². The largest absolute Gasteiger partial charge is 0.336 e. The number of para-hydroxylation sites is 2. The molecule has 0 aliphatic rings. The van der Waals surface area contributed by atoms with Crippen LogP contribution in [0.15, 0.2) is 82.7 Å². The van der Waals surface area contributed by atoms with Crippen LogP contribution >= 0.6 is 11.8 Å². The first-order chi connectivity index (χ1) is 16.8. The number of carbonyl (C=O) groups excluding carboxylic acids is 2. The van der Waals surface area contributed by atoms with E-state index in [9.17, 15) is 18.8 Å². The van der Waals surface area contributed by atoms with Crippen molar-refractivity contribution in [2.45, 2.75) is 12.1 Å². The minimum absolute atomic E-state index is 0.0523. The van der Waals surface area contributed by atoms with E-state index in [0.717, 1.165) is 17.3 Å². The molecule has 3 aromatic carbocycles. The summed E-state index contributed by atoms with van der Waals surface area (Å²) in [5, 5.41) is 3.28. The van der Waals surface area contributed by atoms with Gasteiger partial charge in [-0.25, -0.2) is 9.37 Å². The lowest BCUT2D eigenvalue weighted by Gasteiger charge is -2.18. The summed E-state index contributed by atoms with van der Waals surface area (Å²) < 4.78 is 15.8. The zero-order chi connectivity index (χ0) is 24.9. The number of aromatic nitrogens is 2. The fraction of sp³-hybridized carbons (Fsp3) is 0.154. The Morgan fingerprint density at radius 2 is 1.71 bits per heavy atom. The molecule has 4 aromatic rings. The number of thioether (sulfide) groups is 1. The summed E-state index contributed by atoms with van der Waals surface area (Å²) in [7, 11) is 1.52. The minimum atomic E-state index is -0.579. The number of nitrogens with zero attached hydrogens (tertiary/aromatic N) is 3. The SMILES string of the molecule is Cc1ccc(NC(=O)CN(C)C(=O)CSc2nc3ccccc3c(=O)n2-c2ccccc2F)cc1. The Hall–Kier alpha value is -3.98. The van der Waals surface area contributed by atoms with E-state index in [-0.39, 0.29) is 35.0 Å². The zero-order valence-corrected chi connectivity index (χ0v) is 20.0. The lowest BCUT2D eigenvalue weighted by Crippen LogP contribution is -2.36. The van der Waals surface area contributed by atoms with Crippen LogP contribution in [0.25, 0.3) is 16.6 Å². The molecule has 9 heteroatoms. The molecule has 0 unspecified atom stereocenters. The van der Waals surface area contributed by atoms with E-state index in [1.807, 2.05) is 19.1 Å². The predicted molar refractivity (Wildman–Crippen MR) is 135 cm³/mol. The average Bonchev–Trinajstić information content (AvgIpc) is 2.84. The molecular weight excluding hydrogens is 467 g/mol. The van der Waals surface area contributed by atoms with E-state index in [4.69, 9.17) is 0 Å². The number of likely N-dealkylation sites (N-methyl/N-ethyl adjacent to an activating group) is 1. The van der Waals surface area contributed by atoms with Crippen molar-refractivity contribution in [2.24, 2.45) is 0 Å². The molecule has 0 radical (unpaired) electrons. The van der Waals surface area contributed by atoms with Gasteiger partial charge in [0.05, 0.1) is 28.9 Å². The third-order valence-electron chi connectivity index (χ3n) is 5.30. The van der Waals surface area contributed by atoms with Crippen molar-refractivity contribution in [3.8, 4) is 5.69 Å². The van der Waals surface area contributed by atoms with Crippen LogP contribution < -0.4 is 10.9 Å². The molecule has 1 N–H and O–H groups in total. The van der Waals surface area contributed by atoms with Gasteiger partial charge in [-0.3, -0.25) is 19.0 Å². The Kier molecular flexibility index (Phi) is 7.26. The molecule has 0 spiro atoms. The van der Waals surface area contributed by atoms with Crippen molar-refractivity contribution in [3.63, 3.8) is 0 Å². The number of aryl methyl sites for hydroxylation is 1. The summed E-state index contributed by atoms with van der Waals surface area (Å²) in [5.74, 6) is -1.34. The standard InChI is InChI=1S/C26H23FN4O3S/c1-17-11-13-18(14-12-17)28-23(32)15-30(2)24(33)16-35-26-29-21-9-5-3-7-19(21)25(34)31(26)22-10-6-4-8-20(22)27/h3-14H,15-16H2,1-2H3,(H,28,32). The highest BCUT2D eigenvalue weighted by Gasteiger charge is 2.19. The second-order valence-electron chi connectivity index (χ2n) is 7.96. The van der Waals surface area contributed by atoms with Gasteiger partial charge >= 0.3 is 0 Å². The fourth-order valence-electron chi connectivity index (χ4n) is 3.43. The number of halogens is 1. The highest BCUT2D eigenvalue weighted by atomic mass is 32.2. The number of benzene rings is 3. The first-order valence-electron chi connectivity index (χ1n) is 10.8. The summed E-state index contributed by atoms with van der Waals surface area (Å²) in [5.41, 5.74) is 1.79. The molecule has 0 atom stereocenters. The number of anilines is 1. The number of rotatable bonds is 7. The summed E-state index contributed by atoms with van der Waals surface area (Å²) >= 11 is 1.01. The molecule has 35 heavy (non-hydrogen) atoms. The van der Waals surface area contributed by atoms with Crippen molar-refractivity contribution in [1.82, 2.24) is 14.5 Å². The number of hydrogen-bond donors (Lipinski definition) is 1. The molecule has 2 amide bonds. The van der Waals surface area contributed by atoms with Gasteiger partial charge < -0.3 is 10.2 Å². The van der Waals surface area contributed by atoms with Crippen LogP contribution in [0, 0.1) is 12.7 Å². The smallest absolute Gasteiger partial charge is 0.266 e. The molecule has 0 aliphatic carbocycles. The van der Waals surface area contributed by atoms with Crippen molar-refractivity contribution < 1.29 is 14.0 Å². The molecule has 0 aliphatic heterocycles. The van der Waals surface area contributed by atoms with Crippen LogP contribution in [0.4, 0.5) is 10.1 Å². The van der Waals surface area contributed by atoms with E-state index in [1.165, 1.54) is 34.7 Å². The first kappa shape index (κ1) is 24.2. The van der Waals surface area contributed by atoms with Gasteiger partial charge in [-0.05, 0) is 43.3 Å². The Labute approximate surface area is 205 Å². The average molecular weight is 491 g/mol. The molecule has 4 rings (SSSR count). The quantitative estimate of drug-likeness (QED) is 0.313. The number of carbonyl (C=O) groups is 2. The van der Waals surface area contributed by atoms with Gasteiger partial charge in [0.2, 0.25) is 11.8 Å². The fourth-order valence-corrected chi connectivity index (χ4v) is 4.38. The van der Waals surface area contributed by atoms with Gasteiger partial charge in [0, 0.05) is 12.7 Å². The van der Waals surface area contributed by atoms with Crippen LogP contribution in [0.3, 0.4) is 0 Å². The summed E-state index contributed by atoms with van der Waals surface area (Å²) in [6.07, 6.45) is 0. The van der Waals surface area contributed by atoms with Crippen molar-refractivity contribution in [1.29, 1.82) is 0 Å². The molecule has 7 nitrogen and oxygen atoms in total. The molecule has 0 bridgehead atoms. The van der Waals surface area contributed by atoms with Gasteiger partial charge in [0.15, 0.2) is 5.16 Å². The molecule has 1 aromatic heterocycles. The van der Waals surface area contributed by atoms with Gasteiger partial charge in [-0.2, -0.15) is 0 Å². The molecular formula is C26H23FN4O3S. The van der Waals surface area contributed by atoms with Crippen molar-refractivity contribution >= 4 is 40.2 Å². The molecule has 0 saturated heterocycles. The van der Waals surface area contributed by atoms with Crippen LogP contribution in [0.2, 0.25) is 0 Å². The van der Waals surface area contributed by atoms with E-state index in [2.05, 4.69) is 10.3 Å². The number of fused-ring (bicyclic) bond motifs is 1. The Morgan fingerprint density at radius 1 is 1.03 bits per heavy atom. The van der Waals surface area contributed by atoms with E-state index < -0.39 is 11.4 Å². The van der Waals surface area contributed by atoms with Crippen LogP contribution in [0.1, 0.15) is 5.56 Å². The second-order valence-corrected chi connectivity index (χ2v) is 8.90. The zero-order valence-electron chi connectivity index (χ0n) is 19.2. The van der Waals surface area contributed by atoms with Gasteiger partial charge in [-0.15, -0.1) is 0 Å². The van der Waals surface area contributed by atoms with Gasteiger partial charge in [0.25, 0.3) is 5.56 Å². The monoisotopic (exact) mass is 490 g/mol. The normalized spacial score (nSPS) is 10.8. The third kappa shape index (κ3) is 5.58. The topological polar surface area (TPSA) is 84.3 Å².